The third-order valence-electron chi connectivity index (χ3n) is 3.77. The standard InChI is InChI=1S/C14H21N3O2/c1-2-15-14(16-8-10-5-6-18-9-10)17-12-7-11-3-4-13(12)19-11/h5-6,9,11-13H,2-4,7-8H2,1H3,(H2,15,16,17). The Bertz CT molecular complexity index is 430. The van der Waals surface area contributed by atoms with Crippen LogP contribution in [0, 0.1) is 0 Å². The highest BCUT2D eigenvalue weighted by atomic mass is 16.5. The first-order valence-corrected chi connectivity index (χ1v) is 7.06. The van der Waals surface area contributed by atoms with Crippen LogP contribution in [-0.2, 0) is 11.3 Å². The zero-order valence-corrected chi connectivity index (χ0v) is 11.3. The van der Waals surface area contributed by atoms with E-state index in [9.17, 15) is 0 Å². The lowest BCUT2D eigenvalue weighted by Crippen LogP contribution is -2.47. The fourth-order valence-corrected chi connectivity index (χ4v) is 2.84. The summed E-state index contributed by atoms with van der Waals surface area (Å²) in [5.74, 6) is 0.866. The van der Waals surface area contributed by atoms with Gasteiger partial charge in [0.2, 0.25) is 0 Å². The van der Waals surface area contributed by atoms with Gasteiger partial charge in [0.05, 0.1) is 37.3 Å². The number of hydrogen-bond acceptors (Lipinski definition) is 3. The number of nitrogens with zero attached hydrogens (tertiary/aromatic N) is 1. The predicted octanol–water partition coefficient (Wildman–Crippen LogP) is 1.65. The molecule has 3 unspecified atom stereocenters. The lowest BCUT2D eigenvalue weighted by molar-refractivity contribution is 0.0992. The third kappa shape index (κ3) is 2.92. The molecule has 3 atom stereocenters. The Morgan fingerprint density at radius 2 is 2.42 bits per heavy atom. The Kier molecular flexibility index (Phi) is 3.73. The average Bonchev–Trinajstić information content (AvgIpc) is 3.13. The van der Waals surface area contributed by atoms with Gasteiger partial charge in [-0.1, -0.05) is 0 Å². The summed E-state index contributed by atoms with van der Waals surface area (Å²) >= 11 is 0. The van der Waals surface area contributed by atoms with E-state index in [-0.39, 0.29) is 0 Å². The topological polar surface area (TPSA) is 58.8 Å². The van der Waals surface area contributed by atoms with E-state index in [0.717, 1.165) is 24.5 Å². The van der Waals surface area contributed by atoms with Gasteiger partial charge in [0.15, 0.2) is 5.96 Å². The number of rotatable bonds is 4. The second kappa shape index (κ2) is 5.65. The smallest absolute Gasteiger partial charge is 0.191 e. The average molecular weight is 263 g/mol. The van der Waals surface area contributed by atoms with Crippen LogP contribution in [-0.4, -0.2) is 30.8 Å². The highest BCUT2D eigenvalue weighted by Crippen LogP contribution is 2.34. The molecular formula is C14H21N3O2. The van der Waals surface area contributed by atoms with Crippen LogP contribution in [0.4, 0.5) is 0 Å². The fourth-order valence-electron chi connectivity index (χ4n) is 2.84. The summed E-state index contributed by atoms with van der Waals surface area (Å²) in [6.07, 6.45) is 7.71. The van der Waals surface area contributed by atoms with Crippen LogP contribution < -0.4 is 10.6 Å². The van der Waals surface area contributed by atoms with Crippen molar-refractivity contribution in [3.8, 4) is 0 Å². The van der Waals surface area contributed by atoms with Gasteiger partial charge in [-0.25, -0.2) is 4.99 Å². The lowest BCUT2D eigenvalue weighted by Gasteiger charge is -2.22. The second-order valence-corrected chi connectivity index (χ2v) is 5.19. The van der Waals surface area contributed by atoms with Crippen LogP contribution in [0.5, 0.6) is 0 Å². The van der Waals surface area contributed by atoms with E-state index >= 15 is 0 Å². The van der Waals surface area contributed by atoms with Gasteiger partial charge in [-0.2, -0.15) is 0 Å². The number of guanidine groups is 1. The Balaban J connectivity index is 1.59. The molecule has 0 spiro atoms. The molecule has 3 rings (SSSR count). The predicted molar refractivity (Wildman–Crippen MR) is 73.0 cm³/mol. The maximum absolute atomic E-state index is 5.85. The molecule has 2 fully saturated rings. The molecule has 2 bridgehead atoms. The molecule has 2 saturated heterocycles. The summed E-state index contributed by atoms with van der Waals surface area (Å²) in [5.41, 5.74) is 1.08. The van der Waals surface area contributed by atoms with Crippen LogP contribution in [0.15, 0.2) is 28.0 Å². The Morgan fingerprint density at radius 3 is 3.05 bits per heavy atom. The van der Waals surface area contributed by atoms with Crippen molar-refractivity contribution < 1.29 is 9.15 Å². The molecule has 3 heterocycles. The van der Waals surface area contributed by atoms with Crippen LogP contribution in [0.1, 0.15) is 31.7 Å². The summed E-state index contributed by atoms with van der Waals surface area (Å²) < 4.78 is 10.9. The molecule has 19 heavy (non-hydrogen) atoms. The zero-order chi connectivity index (χ0) is 13.1. The quantitative estimate of drug-likeness (QED) is 0.640. The minimum atomic E-state index is 0.364. The van der Waals surface area contributed by atoms with Gasteiger partial charge < -0.3 is 19.8 Å². The minimum absolute atomic E-state index is 0.364. The Morgan fingerprint density at radius 1 is 1.47 bits per heavy atom. The molecule has 0 aliphatic carbocycles. The Hall–Kier alpha value is -1.49. The first-order valence-electron chi connectivity index (χ1n) is 7.06. The van der Waals surface area contributed by atoms with E-state index in [2.05, 4.69) is 22.5 Å². The number of nitrogens with one attached hydrogen (secondary N) is 2. The number of ether oxygens (including phenoxy) is 1. The van der Waals surface area contributed by atoms with Crippen molar-refractivity contribution in [3.63, 3.8) is 0 Å². The first-order chi connectivity index (χ1) is 9.35. The van der Waals surface area contributed by atoms with Crippen LogP contribution in [0.3, 0.4) is 0 Å². The van der Waals surface area contributed by atoms with Crippen LogP contribution in [0.2, 0.25) is 0 Å². The van der Waals surface area contributed by atoms with E-state index in [1.807, 2.05) is 6.07 Å². The Labute approximate surface area is 113 Å². The SMILES string of the molecule is CCNC(=NCc1ccoc1)NC1CC2CCC1O2. The molecular weight excluding hydrogens is 242 g/mol. The molecule has 0 radical (unpaired) electrons. The van der Waals surface area contributed by atoms with Crippen molar-refractivity contribution in [1.82, 2.24) is 10.6 Å². The van der Waals surface area contributed by atoms with E-state index < -0.39 is 0 Å². The molecule has 2 aliphatic rings. The summed E-state index contributed by atoms with van der Waals surface area (Å²) in [7, 11) is 0. The molecule has 2 aliphatic heterocycles. The van der Waals surface area contributed by atoms with Gasteiger partial charge in [-0.05, 0) is 32.3 Å². The minimum Gasteiger partial charge on any atom is -0.472 e. The summed E-state index contributed by atoms with van der Waals surface area (Å²) in [4.78, 5) is 4.58. The van der Waals surface area contributed by atoms with E-state index in [1.54, 1.807) is 12.5 Å². The fraction of sp³-hybridized carbons (Fsp3) is 0.643. The number of furan rings is 1. The van der Waals surface area contributed by atoms with E-state index in [4.69, 9.17) is 9.15 Å². The number of aliphatic imine (C=N–C) groups is 1. The molecule has 2 N–H and O–H groups in total. The van der Waals surface area contributed by atoms with E-state index in [0.29, 0.717) is 24.8 Å². The third-order valence-corrected chi connectivity index (χ3v) is 3.77. The maximum Gasteiger partial charge on any atom is 0.191 e. The number of hydrogen-bond donors (Lipinski definition) is 2. The largest absolute Gasteiger partial charge is 0.472 e. The van der Waals surface area contributed by atoms with Gasteiger partial charge in [-0.3, -0.25) is 0 Å². The highest BCUT2D eigenvalue weighted by molar-refractivity contribution is 5.80. The molecule has 0 amide bonds. The van der Waals surface area contributed by atoms with Gasteiger partial charge in [0, 0.05) is 12.1 Å². The lowest BCUT2D eigenvalue weighted by atomic mass is 9.96. The van der Waals surface area contributed by atoms with Crippen LogP contribution >= 0.6 is 0 Å². The van der Waals surface area contributed by atoms with Crippen molar-refractivity contribution in [2.75, 3.05) is 6.54 Å². The molecule has 1 aromatic rings. The summed E-state index contributed by atoms with van der Waals surface area (Å²) in [5, 5.41) is 6.78. The van der Waals surface area contributed by atoms with Crippen molar-refractivity contribution >= 4 is 5.96 Å². The molecule has 5 nitrogen and oxygen atoms in total. The normalized spacial score (nSPS) is 29.7. The van der Waals surface area contributed by atoms with Crippen molar-refractivity contribution in [2.45, 2.75) is 51.0 Å². The molecule has 1 aromatic heterocycles. The molecule has 5 heteroatoms. The van der Waals surface area contributed by atoms with E-state index in [1.165, 1.54) is 12.8 Å². The first kappa shape index (κ1) is 12.5. The van der Waals surface area contributed by atoms with Crippen LogP contribution in [0.25, 0.3) is 0 Å². The summed E-state index contributed by atoms with van der Waals surface area (Å²) in [6.45, 7) is 3.57. The second-order valence-electron chi connectivity index (χ2n) is 5.19. The molecule has 0 aromatic carbocycles. The van der Waals surface area contributed by atoms with Crippen molar-refractivity contribution in [2.24, 2.45) is 4.99 Å². The van der Waals surface area contributed by atoms with Gasteiger partial charge >= 0.3 is 0 Å². The number of fused-ring (bicyclic) bond motifs is 2. The van der Waals surface area contributed by atoms with Gasteiger partial charge in [0.25, 0.3) is 0 Å². The zero-order valence-electron chi connectivity index (χ0n) is 11.3. The van der Waals surface area contributed by atoms with Gasteiger partial charge in [0.1, 0.15) is 0 Å². The monoisotopic (exact) mass is 263 g/mol. The molecule has 0 saturated carbocycles. The molecule has 104 valence electrons. The summed E-state index contributed by atoms with van der Waals surface area (Å²) in [6, 6.07) is 2.34. The highest BCUT2D eigenvalue weighted by Gasteiger charge is 2.41. The van der Waals surface area contributed by atoms with Crippen molar-refractivity contribution in [3.05, 3.63) is 24.2 Å². The maximum atomic E-state index is 5.85. The van der Waals surface area contributed by atoms with Gasteiger partial charge in [-0.15, -0.1) is 0 Å². The van der Waals surface area contributed by atoms with Crippen molar-refractivity contribution in [1.29, 1.82) is 0 Å².